The third kappa shape index (κ3) is 2.67. The molecule has 0 aliphatic carbocycles. The molecule has 0 aliphatic heterocycles. The van der Waals surface area contributed by atoms with Crippen LogP contribution in [-0.4, -0.2) is 10.8 Å². The summed E-state index contributed by atoms with van der Waals surface area (Å²) in [6, 6.07) is 4.35. The van der Waals surface area contributed by atoms with Gasteiger partial charge in [0.15, 0.2) is 0 Å². The lowest BCUT2D eigenvalue weighted by atomic mass is 9.98. The number of carbonyl (C=O) groups is 1. The molecular formula is C15H17NOS. The minimum atomic E-state index is 0.160. The maximum Gasteiger partial charge on any atom is 0.136 e. The number of thiazole rings is 1. The monoisotopic (exact) mass is 259 g/mol. The molecule has 2 rings (SSSR count). The summed E-state index contributed by atoms with van der Waals surface area (Å²) in [4.78, 5) is 15.7. The molecule has 0 radical (unpaired) electrons. The molecule has 18 heavy (non-hydrogen) atoms. The van der Waals surface area contributed by atoms with E-state index in [4.69, 9.17) is 0 Å². The molecule has 0 atom stereocenters. The molecule has 0 aliphatic rings. The second kappa shape index (κ2) is 5.02. The molecule has 0 unspecified atom stereocenters. The highest BCUT2D eigenvalue weighted by Gasteiger charge is 2.11. The van der Waals surface area contributed by atoms with Gasteiger partial charge in [-0.05, 0) is 38.8 Å². The third-order valence-electron chi connectivity index (χ3n) is 2.89. The first-order valence-electron chi connectivity index (χ1n) is 5.99. The van der Waals surface area contributed by atoms with Crippen LogP contribution in [0.4, 0.5) is 0 Å². The molecule has 2 nitrogen and oxygen atoms in total. The molecule has 0 amide bonds. The molecule has 1 heterocycles. The van der Waals surface area contributed by atoms with Gasteiger partial charge >= 0.3 is 0 Å². The number of carbonyl (C=O) groups excluding carboxylic acids is 1. The van der Waals surface area contributed by atoms with Crippen LogP contribution < -0.4 is 0 Å². The van der Waals surface area contributed by atoms with E-state index in [-0.39, 0.29) is 5.78 Å². The first kappa shape index (κ1) is 13.0. The number of hydrogen-bond acceptors (Lipinski definition) is 3. The Kier molecular flexibility index (Phi) is 3.62. The Morgan fingerprint density at radius 3 is 2.39 bits per heavy atom. The molecule has 0 saturated carbocycles. The Morgan fingerprint density at radius 2 is 1.83 bits per heavy atom. The fourth-order valence-corrected chi connectivity index (χ4v) is 3.16. The highest BCUT2D eigenvalue weighted by molar-refractivity contribution is 7.10. The summed E-state index contributed by atoms with van der Waals surface area (Å²) in [5, 5.41) is 2.94. The van der Waals surface area contributed by atoms with E-state index in [0.717, 1.165) is 10.7 Å². The quantitative estimate of drug-likeness (QED) is 0.837. The van der Waals surface area contributed by atoms with Crippen molar-refractivity contribution in [2.75, 3.05) is 0 Å². The maximum absolute atomic E-state index is 11.1. The van der Waals surface area contributed by atoms with E-state index in [1.807, 2.05) is 5.38 Å². The van der Waals surface area contributed by atoms with Crippen molar-refractivity contribution in [1.82, 2.24) is 4.98 Å². The lowest BCUT2D eigenvalue weighted by Crippen LogP contribution is -1.96. The molecule has 0 saturated heterocycles. The topological polar surface area (TPSA) is 30.0 Å². The van der Waals surface area contributed by atoms with Crippen LogP contribution in [-0.2, 0) is 11.2 Å². The number of ketones is 1. The molecule has 0 spiro atoms. The van der Waals surface area contributed by atoms with Crippen LogP contribution in [0.2, 0.25) is 0 Å². The van der Waals surface area contributed by atoms with E-state index in [1.165, 1.54) is 22.3 Å². The average molecular weight is 259 g/mol. The van der Waals surface area contributed by atoms with Crippen molar-refractivity contribution >= 4 is 17.1 Å². The van der Waals surface area contributed by atoms with Crippen molar-refractivity contribution in [3.63, 3.8) is 0 Å². The van der Waals surface area contributed by atoms with Gasteiger partial charge in [0.25, 0.3) is 0 Å². The Balaban J connectivity index is 2.43. The Morgan fingerprint density at radius 1 is 1.22 bits per heavy atom. The van der Waals surface area contributed by atoms with Gasteiger partial charge in [-0.25, -0.2) is 4.98 Å². The number of aromatic nitrogens is 1. The van der Waals surface area contributed by atoms with Crippen molar-refractivity contribution in [1.29, 1.82) is 0 Å². The molecule has 94 valence electrons. The van der Waals surface area contributed by atoms with Gasteiger partial charge in [0.1, 0.15) is 10.8 Å². The van der Waals surface area contributed by atoms with Gasteiger partial charge in [0, 0.05) is 10.9 Å². The summed E-state index contributed by atoms with van der Waals surface area (Å²) in [6.07, 6.45) is 0.439. The number of aryl methyl sites for hydroxylation is 3. The van der Waals surface area contributed by atoms with Gasteiger partial charge in [-0.2, -0.15) is 0 Å². The summed E-state index contributed by atoms with van der Waals surface area (Å²) in [6.45, 7) is 7.92. The molecule has 3 heteroatoms. The van der Waals surface area contributed by atoms with Gasteiger partial charge in [0.05, 0.1) is 12.1 Å². The van der Waals surface area contributed by atoms with E-state index < -0.39 is 0 Å². The molecule has 0 N–H and O–H groups in total. The lowest BCUT2D eigenvalue weighted by Gasteiger charge is -2.08. The van der Waals surface area contributed by atoms with Crippen LogP contribution in [0.1, 0.15) is 28.6 Å². The van der Waals surface area contributed by atoms with E-state index in [2.05, 4.69) is 37.9 Å². The van der Waals surface area contributed by atoms with Crippen LogP contribution in [0.3, 0.4) is 0 Å². The number of hydrogen-bond donors (Lipinski definition) is 0. The fraction of sp³-hybridized carbons (Fsp3) is 0.333. The molecule has 1 aromatic carbocycles. The predicted octanol–water partition coefficient (Wildman–Crippen LogP) is 3.87. The maximum atomic E-state index is 11.1. The molecule has 0 fully saturated rings. The van der Waals surface area contributed by atoms with Crippen LogP contribution >= 0.6 is 11.3 Å². The second-order valence-electron chi connectivity index (χ2n) is 4.78. The number of benzene rings is 1. The summed E-state index contributed by atoms with van der Waals surface area (Å²) in [7, 11) is 0. The lowest BCUT2D eigenvalue weighted by molar-refractivity contribution is -0.116. The first-order valence-corrected chi connectivity index (χ1v) is 6.87. The predicted molar refractivity (Wildman–Crippen MR) is 76.1 cm³/mol. The highest BCUT2D eigenvalue weighted by Crippen LogP contribution is 2.29. The number of rotatable bonds is 3. The van der Waals surface area contributed by atoms with Gasteiger partial charge < -0.3 is 0 Å². The molecule has 2 aromatic rings. The highest BCUT2D eigenvalue weighted by atomic mass is 32.1. The Bertz CT molecular complexity index is 575. The zero-order chi connectivity index (χ0) is 13.3. The summed E-state index contributed by atoms with van der Waals surface area (Å²) < 4.78 is 0. The smallest absolute Gasteiger partial charge is 0.136 e. The van der Waals surface area contributed by atoms with Crippen LogP contribution in [0.5, 0.6) is 0 Å². The summed E-state index contributed by atoms with van der Waals surface area (Å²) in [5.41, 5.74) is 5.95. The van der Waals surface area contributed by atoms with Crippen molar-refractivity contribution < 1.29 is 4.79 Å². The van der Waals surface area contributed by atoms with E-state index >= 15 is 0 Å². The average Bonchev–Trinajstić information content (AvgIpc) is 2.63. The van der Waals surface area contributed by atoms with Crippen molar-refractivity contribution in [2.45, 2.75) is 34.1 Å². The molecular weight excluding hydrogens is 242 g/mol. The van der Waals surface area contributed by atoms with Gasteiger partial charge in [0.2, 0.25) is 0 Å². The minimum absolute atomic E-state index is 0.160. The second-order valence-corrected chi connectivity index (χ2v) is 5.72. The normalized spacial score (nSPS) is 10.7. The zero-order valence-electron chi connectivity index (χ0n) is 11.2. The Labute approximate surface area is 112 Å². The van der Waals surface area contributed by atoms with Gasteiger partial charge in [-0.3, -0.25) is 4.79 Å². The number of Topliss-reactive ketones (excluding diaryl/α,β-unsaturated/α-hetero) is 1. The largest absolute Gasteiger partial charge is 0.300 e. The summed E-state index contributed by atoms with van der Waals surface area (Å²) in [5.74, 6) is 0.160. The minimum Gasteiger partial charge on any atom is -0.300 e. The standard InChI is InChI=1S/C15H17NOS/c1-9-5-10(2)15(11(3)6-9)13-8-18-14(16-13)7-12(4)17/h5-6,8H,7H2,1-4H3. The van der Waals surface area contributed by atoms with Crippen molar-refractivity contribution in [3.8, 4) is 11.3 Å². The third-order valence-corrected chi connectivity index (χ3v) is 3.73. The summed E-state index contributed by atoms with van der Waals surface area (Å²) >= 11 is 1.56. The zero-order valence-corrected chi connectivity index (χ0v) is 12.0. The van der Waals surface area contributed by atoms with E-state index in [0.29, 0.717) is 6.42 Å². The SMILES string of the molecule is CC(=O)Cc1nc(-c2c(C)cc(C)cc2C)cs1. The molecule has 0 bridgehead atoms. The van der Waals surface area contributed by atoms with E-state index in [9.17, 15) is 4.79 Å². The molecule has 1 aromatic heterocycles. The Hall–Kier alpha value is -1.48. The van der Waals surface area contributed by atoms with Crippen molar-refractivity contribution in [2.24, 2.45) is 0 Å². The van der Waals surface area contributed by atoms with Crippen LogP contribution in [0.15, 0.2) is 17.5 Å². The van der Waals surface area contributed by atoms with Crippen LogP contribution in [0.25, 0.3) is 11.3 Å². The first-order chi connectivity index (χ1) is 8.47. The van der Waals surface area contributed by atoms with Gasteiger partial charge in [-0.15, -0.1) is 11.3 Å². The van der Waals surface area contributed by atoms with Crippen molar-refractivity contribution in [3.05, 3.63) is 39.2 Å². The van der Waals surface area contributed by atoms with Crippen LogP contribution in [0, 0.1) is 20.8 Å². The van der Waals surface area contributed by atoms with Gasteiger partial charge in [-0.1, -0.05) is 17.7 Å². The fourth-order valence-electron chi connectivity index (χ4n) is 2.30. The van der Waals surface area contributed by atoms with E-state index in [1.54, 1.807) is 18.3 Å². The number of nitrogens with zero attached hydrogens (tertiary/aromatic N) is 1.